The van der Waals surface area contributed by atoms with E-state index in [1.165, 1.54) is 35.7 Å². The van der Waals surface area contributed by atoms with Crippen LogP contribution in [0.1, 0.15) is 18.5 Å². The Labute approximate surface area is 126 Å². The van der Waals surface area contributed by atoms with Gasteiger partial charge in [0.15, 0.2) is 0 Å². The number of hydrogen-bond donors (Lipinski definition) is 1. The minimum Gasteiger partial charge on any atom is -0.381 e. The average Bonchev–Trinajstić information content (AvgIpc) is 3.20. The molecule has 0 amide bonds. The van der Waals surface area contributed by atoms with E-state index in [9.17, 15) is 9.50 Å². The van der Waals surface area contributed by atoms with Gasteiger partial charge < -0.3 is 5.11 Å². The molecule has 3 rings (SSSR count). The second kappa shape index (κ2) is 5.64. The lowest BCUT2D eigenvalue weighted by Gasteiger charge is -2.34. The number of rotatable bonds is 5. The van der Waals surface area contributed by atoms with Gasteiger partial charge in [-0.2, -0.15) is 5.10 Å². The molecule has 0 saturated carbocycles. The molecule has 0 aliphatic heterocycles. The Morgan fingerprint density at radius 2 is 2.09 bits per heavy atom. The molecule has 0 radical (unpaired) electrons. The van der Waals surface area contributed by atoms with Gasteiger partial charge in [-0.1, -0.05) is 17.3 Å². The van der Waals surface area contributed by atoms with Crippen LogP contribution in [0.4, 0.5) is 4.39 Å². The molecule has 8 heteroatoms. The summed E-state index contributed by atoms with van der Waals surface area (Å²) in [5.41, 5.74) is -0.790. The summed E-state index contributed by atoms with van der Waals surface area (Å²) in [4.78, 5) is 3.88. The lowest BCUT2D eigenvalue weighted by Crippen LogP contribution is -2.40. The van der Waals surface area contributed by atoms with Crippen LogP contribution in [0.25, 0.3) is 0 Å². The standard InChI is InChI=1S/C14H15FN6O/c1-11(21-7-6-17-19-21)14(22,8-20-10-16-9-18-20)12-2-4-13(15)5-3-12/h2-7,9-11,22H,8H2,1H3/t11-,14-/m1/s1. The van der Waals surface area contributed by atoms with Crippen molar-refractivity contribution in [2.45, 2.75) is 25.1 Å². The second-order valence-corrected chi connectivity index (χ2v) is 5.08. The van der Waals surface area contributed by atoms with Crippen molar-refractivity contribution in [1.82, 2.24) is 29.8 Å². The molecule has 0 saturated heterocycles. The Morgan fingerprint density at radius 1 is 1.32 bits per heavy atom. The molecule has 3 aromatic rings. The first kappa shape index (κ1) is 14.3. The maximum Gasteiger partial charge on any atom is 0.137 e. The van der Waals surface area contributed by atoms with E-state index in [2.05, 4.69) is 20.4 Å². The van der Waals surface area contributed by atoms with Crippen LogP contribution >= 0.6 is 0 Å². The summed E-state index contributed by atoms with van der Waals surface area (Å²) in [7, 11) is 0. The SMILES string of the molecule is C[C@@H](n1ccnn1)[C@](O)(Cn1cncn1)c1ccc(F)cc1. The quantitative estimate of drug-likeness (QED) is 0.765. The summed E-state index contributed by atoms with van der Waals surface area (Å²) in [5.74, 6) is -0.361. The first-order valence-electron chi connectivity index (χ1n) is 6.76. The van der Waals surface area contributed by atoms with Gasteiger partial charge in [-0.15, -0.1) is 5.10 Å². The van der Waals surface area contributed by atoms with Crippen molar-refractivity contribution < 1.29 is 9.50 Å². The van der Waals surface area contributed by atoms with Crippen LogP contribution in [0.15, 0.2) is 49.3 Å². The topological polar surface area (TPSA) is 81.6 Å². The van der Waals surface area contributed by atoms with Crippen molar-refractivity contribution in [3.05, 3.63) is 60.7 Å². The van der Waals surface area contributed by atoms with Crippen LogP contribution in [0.3, 0.4) is 0 Å². The van der Waals surface area contributed by atoms with Crippen LogP contribution in [-0.2, 0) is 12.1 Å². The maximum atomic E-state index is 13.2. The van der Waals surface area contributed by atoms with E-state index in [-0.39, 0.29) is 12.4 Å². The first-order chi connectivity index (χ1) is 10.6. The van der Waals surface area contributed by atoms with Gasteiger partial charge in [0.2, 0.25) is 0 Å². The summed E-state index contributed by atoms with van der Waals surface area (Å²) in [6.07, 6.45) is 6.12. The van der Waals surface area contributed by atoms with E-state index in [4.69, 9.17) is 0 Å². The number of aliphatic hydroxyl groups is 1. The highest BCUT2D eigenvalue weighted by molar-refractivity contribution is 5.24. The number of hydrogen-bond acceptors (Lipinski definition) is 5. The fourth-order valence-corrected chi connectivity index (χ4v) is 2.41. The monoisotopic (exact) mass is 302 g/mol. The maximum absolute atomic E-state index is 13.2. The molecule has 0 bridgehead atoms. The normalized spacial score (nSPS) is 15.4. The zero-order valence-corrected chi connectivity index (χ0v) is 11.9. The van der Waals surface area contributed by atoms with Crippen LogP contribution in [0.2, 0.25) is 0 Å². The van der Waals surface area contributed by atoms with E-state index in [1.807, 2.05) is 6.92 Å². The zero-order chi connectivity index (χ0) is 15.6. The van der Waals surface area contributed by atoms with Crippen LogP contribution in [0.5, 0.6) is 0 Å². The molecule has 0 unspecified atom stereocenters. The lowest BCUT2D eigenvalue weighted by molar-refractivity contribution is -0.0346. The number of aromatic nitrogens is 6. The van der Waals surface area contributed by atoms with Crippen molar-refractivity contribution in [1.29, 1.82) is 0 Å². The van der Waals surface area contributed by atoms with Crippen molar-refractivity contribution in [3.8, 4) is 0 Å². The number of halogens is 1. The summed E-state index contributed by atoms with van der Waals surface area (Å²) >= 11 is 0. The molecule has 0 aliphatic carbocycles. The van der Waals surface area contributed by atoms with E-state index < -0.39 is 11.6 Å². The van der Waals surface area contributed by atoms with Gasteiger partial charge in [-0.05, 0) is 24.6 Å². The molecule has 114 valence electrons. The first-order valence-corrected chi connectivity index (χ1v) is 6.76. The lowest BCUT2D eigenvalue weighted by atomic mass is 9.87. The van der Waals surface area contributed by atoms with E-state index in [0.29, 0.717) is 5.56 Å². The van der Waals surface area contributed by atoms with Gasteiger partial charge >= 0.3 is 0 Å². The largest absolute Gasteiger partial charge is 0.381 e. The smallest absolute Gasteiger partial charge is 0.137 e. The van der Waals surface area contributed by atoms with Crippen molar-refractivity contribution in [2.75, 3.05) is 0 Å². The Kier molecular flexibility index (Phi) is 3.68. The molecule has 2 heterocycles. The highest BCUT2D eigenvalue weighted by atomic mass is 19.1. The van der Waals surface area contributed by atoms with Crippen LogP contribution in [-0.4, -0.2) is 34.9 Å². The molecule has 1 aromatic carbocycles. The minimum atomic E-state index is -1.35. The van der Waals surface area contributed by atoms with Crippen molar-refractivity contribution >= 4 is 0 Å². The molecule has 7 nitrogen and oxygen atoms in total. The van der Waals surface area contributed by atoms with E-state index in [1.54, 1.807) is 23.0 Å². The van der Waals surface area contributed by atoms with Gasteiger partial charge in [-0.3, -0.25) is 0 Å². The molecule has 0 fully saturated rings. The molecule has 1 N–H and O–H groups in total. The third kappa shape index (κ3) is 2.60. The van der Waals surface area contributed by atoms with Crippen molar-refractivity contribution in [2.24, 2.45) is 0 Å². The van der Waals surface area contributed by atoms with Gasteiger partial charge in [0.1, 0.15) is 24.1 Å². The molecule has 0 spiro atoms. The van der Waals surface area contributed by atoms with Crippen LogP contribution < -0.4 is 0 Å². The summed E-state index contributed by atoms with van der Waals surface area (Å²) < 4.78 is 16.3. The number of nitrogens with zero attached hydrogens (tertiary/aromatic N) is 6. The fraction of sp³-hybridized carbons (Fsp3) is 0.286. The van der Waals surface area contributed by atoms with Gasteiger partial charge in [0.05, 0.1) is 18.8 Å². The highest BCUT2D eigenvalue weighted by Crippen LogP contribution is 2.34. The van der Waals surface area contributed by atoms with Gasteiger partial charge in [0.25, 0.3) is 0 Å². The number of benzene rings is 1. The zero-order valence-electron chi connectivity index (χ0n) is 11.9. The van der Waals surface area contributed by atoms with Gasteiger partial charge in [0, 0.05) is 6.20 Å². The summed E-state index contributed by atoms with van der Waals surface area (Å²) in [6.45, 7) is 1.97. The van der Waals surface area contributed by atoms with Gasteiger partial charge in [-0.25, -0.2) is 18.7 Å². The third-order valence-corrected chi connectivity index (χ3v) is 3.74. The molecule has 2 atom stereocenters. The molecular formula is C14H15FN6O. The Hall–Kier alpha value is -2.61. The summed E-state index contributed by atoms with van der Waals surface area (Å²) in [6, 6.07) is 5.30. The molecule has 22 heavy (non-hydrogen) atoms. The molecule has 0 aliphatic rings. The van der Waals surface area contributed by atoms with Crippen molar-refractivity contribution in [3.63, 3.8) is 0 Å². The molecular weight excluding hydrogens is 287 g/mol. The second-order valence-electron chi connectivity index (χ2n) is 5.08. The fourth-order valence-electron chi connectivity index (χ4n) is 2.41. The van der Waals surface area contributed by atoms with E-state index in [0.717, 1.165) is 0 Å². The Morgan fingerprint density at radius 3 is 2.68 bits per heavy atom. The average molecular weight is 302 g/mol. The predicted molar refractivity (Wildman–Crippen MR) is 75.1 cm³/mol. The predicted octanol–water partition coefficient (Wildman–Crippen LogP) is 1.16. The van der Waals surface area contributed by atoms with Crippen LogP contribution in [0, 0.1) is 5.82 Å². The highest BCUT2D eigenvalue weighted by Gasteiger charge is 2.38. The summed E-state index contributed by atoms with van der Waals surface area (Å²) in [5, 5.41) is 23.0. The van der Waals surface area contributed by atoms with E-state index >= 15 is 0 Å². The Balaban J connectivity index is 2.02. The Bertz CT molecular complexity index is 712. The third-order valence-electron chi connectivity index (χ3n) is 3.74. The molecule has 2 aromatic heterocycles. The minimum absolute atomic E-state index is 0.152.